The monoisotopic (exact) mass is 271 g/mol. The van der Waals surface area contributed by atoms with E-state index in [0.29, 0.717) is 5.88 Å². The van der Waals surface area contributed by atoms with Gasteiger partial charge in [-0.15, -0.1) is 11.3 Å². The Balaban J connectivity index is 2.09. The molecule has 0 unspecified atom stereocenters. The first-order chi connectivity index (χ1) is 9.26. The van der Waals surface area contributed by atoms with Crippen LogP contribution in [0.5, 0.6) is 11.6 Å². The van der Waals surface area contributed by atoms with Gasteiger partial charge in [-0.2, -0.15) is 4.98 Å². The molecule has 2 heterocycles. The third kappa shape index (κ3) is 2.37. The standard InChI is InChI=1S/C14H13N3OS/c1-2-10-8-11-12(16-14(15)17-13(11)19-10)18-9-6-4-3-5-7-9/h3-8H,2H2,1H3,(H2,15,16,17). The van der Waals surface area contributed by atoms with Crippen LogP contribution in [0.4, 0.5) is 5.95 Å². The van der Waals surface area contributed by atoms with Crippen LogP contribution in [0, 0.1) is 0 Å². The van der Waals surface area contributed by atoms with Crippen LogP contribution >= 0.6 is 11.3 Å². The van der Waals surface area contributed by atoms with Crippen LogP contribution in [0.15, 0.2) is 36.4 Å². The Morgan fingerprint density at radius 3 is 2.74 bits per heavy atom. The summed E-state index contributed by atoms with van der Waals surface area (Å²) < 4.78 is 5.81. The van der Waals surface area contributed by atoms with E-state index in [1.807, 2.05) is 30.3 Å². The minimum Gasteiger partial charge on any atom is -0.438 e. The number of nitrogens with two attached hydrogens (primary N) is 1. The summed E-state index contributed by atoms with van der Waals surface area (Å²) in [6.45, 7) is 2.11. The molecule has 3 aromatic rings. The summed E-state index contributed by atoms with van der Waals surface area (Å²) in [5.74, 6) is 1.50. The molecule has 0 aliphatic heterocycles. The zero-order valence-corrected chi connectivity index (χ0v) is 11.3. The van der Waals surface area contributed by atoms with E-state index in [9.17, 15) is 0 Å². The number of hydrogen-bond donors (Lipinski definition) is 1. The Morgan fingerprint density at radius 1 is 1.21 bits per heavy atom. The van der Waals surface area contributed by atoms with Gasteiger partial charge >= 0.3 is 0 Å². The molecule has 0 bridgehead atoms. The predicted octanol–water partition coefficient (Wildman–Crippen LogP) is 3.63. The average Bonchev–Trinajstić information content (AvgIpc) is 2.83. The first-order valence-electron chi connectivity index (χ1n) is 6.05. The quantitative estimate of drug-likeness (QED) is 0.790. The molecule has 0 saturated carbocycles. The lowest BCUT2D eigenvalue weighted by molar-refractivity contribution is 0.469. The molecule has 0 spiro atoms. The van der Waals surface area contributed by atoms with Crippen molar-refractivity contribution in [2.75, 3.05) is 5.73 Å². The molecule has 0 atom stereocenters. The average molecular weight is 271 g/mol. The number of thiophene rings is 1. The fourth-order valence-electron chi connectivity index (χ4n) is 1.81. The van der Waals surface area contributed by atoms with Crippen LogP contribution in [0.1, 0.15) is 11.8 Å². The zero-order valence-electron chi connectivity index (χ0n) is 10.5. The maximum absolute atomic E-state index is 5.81. The van der Waals surface area contributed by atoms with Gasteiger partial charge in [0, 0.05) is 4.88 Å². The van der Waals surface area contributed by atoms with Crippen LogP contribution < -0.4 is 10.5 Å². The van der Waals surface area contributed by atoms with E-state index in [1.54, 1.807) is 11.3 Å². The number of nitrogen functional groups attached to an aromatic ring is 1. The van der Waals surface area contributed by atoms with Gasteiger partial charge in [0.15, 0.2) is 0 Å². The van der Waals surface area contributed by atoms with Gasteiger partial charge in [-0.1, -0.05) is 25.1 Å². The zero-order chi connectivity index (χ0) is 13.2. The Hall–Kier alpha value is -2.14. The number of ether oxygens (including phenoxy) is 1. The molecule has 19 heavy (non-hydrogen) atoms. The molecule has 4 nitrogen and oxygen atoms in total. The minimum absolute atomic E-state index is 0.239. The predicted molar refractivity (Wildman–Crippen MR) is 77.7 cm³/mol. The van der Waals surface area contributed by atoms with E-state index in [4.69, 9.17) is 10.5 Å². The van der Waals surface area contributed by atoms with Crippen molar-refractivity contribution in [3.63, 3.8) is 0 Å². The maximum Gasteiger partial charge on any atom is 0.232 e. The Labute approximate surface area is 114 Å². The summed E-state index contributed by atoms with van der Waals surface area (Å²) in [6, 6.07) is 11.6. The van der Waals surface area contributed by atoms with E-state index in [2.05, 4.69) is 23.0 Å². The molecule has 5 heteroatoms. The van der Waals surface area contributed by atoms with Gasteiger partial charge in [0.25, 0.3) is 0 Å². The van der Waals surface area contributed by atoms with Gasteiger partial charge < -0.3 is 10.5 Å². The maximum atomic E-state index is 5.81. The number of fused-ring (bicyclic) bond motifs is 1. The fourth-order valence-corrected chi connectivity index (χ4v) is 2.78. The Kier molecular flexibility index (Phi) is 3.05. The number of para-hydroxylation sites is 1. The molecule has 0 fully saturated rings. The summed E-state index contributed by atoms with van der Waals surface area (Å²) in [5.41, 5.74) is 5.73. The van der Waals surface area contributed by atoms with Gasteiger partial charge in [0.2, 0.25) is 11.8 Å². The molecule has 0 aliphatic carbocycles. The first kappa shape index (κ1) is 11.9. The van der Waals surface area contributed by atoms with Crippen LogP contribution in [0.25, 0.3) is 10.2 Å². The molecule has 1 aromatic carbocycles. The summed E-state index contributed by atoms with van der Waals surface area (Å²) in [6.07, 6.45) is 0.964. The van der Waals surface area contributed by atoms with Crippen molar-refractivity contribution in [2.45, 2.75) is 13.3 Å². The van der Waals surface area contributed by atoms with Gasteiger partial charge in [0.1, 0.15) is 10.6 Å². The van der Waals surface area contributed by atoms with Crippen molar-refractivity contribution in [3.8, 4) is 11.6 Å². The Morgan fingerprint density at radius 2 is 2.00 bits per heavy atom. The molecular weight excluding hydrogens is 258 g/mol. The molecule has 96 valence electrons. The summed E-state index contributed by atoms with van der Waals surface area (Å²) in [5, 5.41) is 0.917. The van der Waals surface area contributed by atoms with Gasteiger partial charge in [0.05, 0.1) is 5.39 Å². The number of benzene rings is 1. The minimum atomic E-state index is 0.239. The molecule has 3 rings (SSSR count). The van der Waals surface area contributed by atoms with E-state index >= 15 is 0 Å². The highest BCUT2D eigenvalue weighted by Gasteiger charge is 2.12. The number of aromatic nitrogens is 2. The number of aryl methyl sites for hydroxylation is 1. The number of nitrogens with zero attached hydrogens (tertiary/aromatic N) is 2. The fraction of sp³-hybridized carbons (Fsp3) is 0.143. The van der Waals surface area contributed by atoms with Crippen LogP contribution in [0.2, 0.25) is 0 Å². The second-order valence-electron chi connectivity index (χ2n) is 4.09. The summed E-state index contributed by atoms with van der Waals surface area (Å²) in [4.78, 5) is 10.6. The third-order valence-corrected chi connectivity index (χ3v) is 3.91. The number of rotatable bonds is 3. The van der Waals surface area contributed by atoms with Gasteiger partial charge in [-0.3, -0.25) is 0 Å². The first-order valence-corrected chi connectivity index (χ1v) is 6.86. The van der Waals surface area contributed by atoms with Crippen molar-refractivity contribution in [1.82, 2.24) is 9.97 Å². The van der Waals surface area contributed by atoms with E-state index in [0.717, 1.165) is 22.4 Å². The van der Waals surface area contributed by atoms with Crippen molar-refractivity contribution in [2.24, 2.45) is 0 Å². The topological polar surface area (TPSA) is 61.0 Å². The number of hydrogen-bond acceptors (Lipinski definition) is 5. The largest absolute Gasteiger partial charge is 0.438 e. The van der Waals surface area contributed by atoms with E-state index in [1.165, 1.54) is 4.88 Å². The van der Waals surface area contributed by atoms with Crippen LogP contribution in [-0.2, 0) is 6.42 Å². The van der Waals surface area contributed by atoms with Crippen LogP contribution in [-0.4, -0.2) is 9.97 Å². The van der Waals surface area contributed by atoms with Gasteiger partial charge in [-0.25, -0.2) is 4.98 Å². The lowest BCUT2D eigenvalue weighted by Gasteiger charge is -2.05. The normalized spacial score (nSPS) is 10.8. The molecule has 2 aromatic heterocycles. The molecule has 2 N–H and O–H groups in total. The molecule has 0 amide bonds. The highest BCUT2D eigenvalue weighted by Crippen LogP contribution is 2.33. The smallest absolute Gasteiger partial charge is 0.232 e. The summed E-state index contributed by atoms with van der Waals surface area (Å²) in [7, 11) is 0. The molecule has 0 aliphatic rings. The highest BCUT2D eigenvalue weighted by molar-refractivity contribution is 7.18. The lowest BCUT2D eigenvalue weighted by atomic mass is 10.3. The van der Waals surface area contributed by atoms with Crippen molar-refractivity contribution in [1.29, 1.82) is 0 Å². The molecular formula is C14H13N3OS. The second kappa shape index (κ2) is 4.85. The SMILES string of the molecule is CCc1cc2c(Oc3ccccc3)nc(N)nc2s1. The van der Waals surface area contributed by atoms with Crippen molar-refractivity contribution >= 4 is 27.5 Å². The van der Waals surface area contributed by atoms with Crippen molar-refractivity contribution in [3.05, 3.63) is 41.3 Å². The lowest BCUT2D eigenvalue weighted by Crippen LogP contribution is -1.97. The van der Waals surface area contributed by atoms with E-state index in [-0.39, 0.29) is 5.95 Å². The number of anilines is 1. The third-order valence-electron chi connectivity index (χ3n) is 2.73. The van der Waals surface area contributed by atoms with Crippen molar-refractivity contribution < 1.29 is 4.74 Å². The Bertz CT molecular complexity index is 709. The molecule has 0 radical (unpaired) electrons. The highest BCUT2D eigenvalue weighted by atomic mass is 32.1. The van der Waals surface area contributed by atoms with Crippen LogP contribution in [0.3, 0.4) is 0 Å². The summed E-state index contributed by atoms with van der Waals surface area (Å²) >= 11 is 1.63. The second-order valence-corrected chi connectivity index (χ2v) is 5.20. The van der Waals surface area contributed by atoms with Gasteiger partial charge in [-0.05, 0) is 24.6 Å². The molecule has 0 saturated heterocycles. The van der Waals surface area contributed by atoms with E-state index < -0.39 is 0 Å².